The van der Waals surface area contributed by atoms with Gasteiger partial charge in [0.2, 0.25) is 0 Å². The third-order valence-corrected chi connectivity index (χ3v) is 5.18. The van der Waals surface area contributed by atoms with Crippen LogP contribution in [0.15, 0.2) is 12.1 Å². The van der Waals surface area contributed by atoms with Crippen molar-refractivity contribution in [1.29, 1.82) is 5.26 Å². The first kappa shape index (κ1) is 18.9. The minimum Gasteiger partial charge on any atom is -0.486 e. The predicted octanol–water partition coefficient (Wildman–Crippen LogP) is 2.80. The van der Waals surface area contributed by atoms with Crippen molar-refractivity contribution in [2.45, 2.75) is 26.8 Å². The van der Waals surface area contributed by atoms with Gasteiger partial charge in [-0.05, 0) is 37.1 Å². The SMILES string of the molecule is CCOC(=O)N1CCc2nc(N)c(C#N)c(-c3cc4c(cc3C)OCCO4)c2C1. The van der Waals surface area contributed by atoms with Crippen molar-refractivity contribution in [2.24, 2.45) is 0 Å². The van der Waals surface area contributed by atoms with E-state index in [1.54, 1.807) is 11.8 Å². The number of hydrogen-bond donors (Lipinski definition) is 1. The first-order valence-electron chi connectivity index (χ1n) is 9.57. The molecule has 2 aliphatic heterocycles. The first-order valence-corrected chi connectivity index (χ1v) is 9.57. The largest absolute Gasteiger partial charge is 0.486 e. The summed E-state index contributed by atoms with van der Waals surface area (Å²) in [6, 6.07) is 5.98. The van der Waals surface area contributed by atoms with E-state index in [2.05, 4.69) is 11.1 Å². The van der Waals surface area contributed by atoms with Crippen LogP contribution in [0, 0.1) is 18.3 Å². The maximum absolute atomic E-state index is 12.3. The Kier molecular flexibility index (Phi) is 4.89. The molecule has 1 amide bonds. The maximum Gasteiger partial charge on any atom is 0.410 e. The zero-order chi connectivity index (χ0) is 20.5. The lowest BCUT2D eigenvalue weighted by Gasteiger charge is -2.30. The van der Waals surface area contributed by atoms with E-state index in [1.165, 1.54) is 0 Å². The number of amides is 1. The molecule has 8 nitrogen and oxygen atoms in total. The van der Waals surface area contributed by atoms with E-state index < -0.39 is 0 Å². The van der Waals surface area contributed by atoms with Crippen LogP contribution in [0.1, 0.15) is 29.3 Å². The van der Waals surface area contributed by atoms with Crippen LogP contribution < -0.4 is 15.2 Å². The normalized spacial score (nSPS) is 14.7. The molecule has 0 saturated carbocycles. The average molecular weight is 394 g/mol. The lowest BCUT2D eigenvalue weighted by atomic mass is 9.88. The Morgan fingerprint density at radius 2 is 2.07 bits per heavy atom. The number of benzene rings is 1. The third-order valence-electron chi connectivity index (χ3n) is 5.18. The number of nitrogens with two attached hydrogens (primary N) is 1. The average Bonchev–Trinajstić information content (AvgIpc) is 2.72. The van der Waals surface area contributed by atoms with Gasteiger partial charge in [0.05, 0.1) is 18.8 Å². The minimum atomic E-state index is -0.377. The molecule has 3 heterocycles. The summed E-state index contributed by atoms with van der Waals surface area (Å²) in [6.07, 6.45) is 0.166. The van der Waals surface area contributed by atoms with Crippen LogP contribution in [0.3, 0.4) is 0 Å². The molecule has 150 valence electrons. The number of fused-ring (bicyclic) bond motifs is 2. The zero-order valence-corrected chi connectivity index (χ0v) is 16.4. The lowest BCUT2D eigenvalue weighted by molar-refractivity contribution is 0.102. The second-order valence-corrected chi connectivity index (χ2v) is 6.97. The molecule has 0 radical (unpaired) electrons. The number of aryl methyl sites for hydroxylation is 1. The van der Waals surface area contributed by atoms with Crippen molar-refractivity contribution in [1.82, 2.24) is 9.88 Å². The number of nitrogens with zero attached hydrogens (tertiary/aromatic N) is 3. The van der Waals surface area contributed by atoms with Crippen molar-refractivity contribution in [2.75, 3.05) is 32.1 Å². The summed E-state index contributed by atoms with van der Waals surface area (Å²) < 4.78 is 16.6. The molecule has 0 unspecified atom stereocenters. The number of pyridine rings is 1. The maximum atomic E-state index is 12.3. The Balaban J connectivity index is 1.89. The van der Waals surface area contributed by atoms with Crippen LogP contribution in [0.25, 0.3) is 11.1 Å². The Hall–Kier alpha value is -3.47. The molecule has 1 aromatic carbocycles. The molecule has 4 rings (SSSR count). The van der Waals surface area contributed by atoms with E-state index in [0.29, 0.717) is 62.0 Å². The van der Waals surface area contributed by atoms with Gasteiger partial charge < -0.3 is 24.8 Å². The number of anilines is 1. The molecular formula is C21H22N4O4. The summed E-state index contributed by atoms with van der Waals surface area (Å²) >= 11 is 0. The molecule has 29 heavy (non-hydrogen) atoms. The Morgan fingerprint density at radius 1 is 1.34 bits per heavy atom. The van der Waals surface area contributed by atoms with Crippen LogP contribution in [-0.2, 0) is 17.7 Å². The van der Waals surface area contributed by atoms with Crippen LogP contribution >= 0.6 is 0 Å². The molecule has 2 aliphatic rings. The molecule has 1 aromatic heterocycles. The molecule has 2 aromatic rings. The lowest BCUT2D eigenvalue weighted by Crippen LogP contribution is -2.37. The van der Waals surface area contributed by atoms with Gasteiger partial charge in [-0.1, -0.05) is 0 Å². The number of nitrogen functional groups attached to an aromatic ring is 1. The zero-order valence-electron chi connectivity index (χ0n) is 16.4. The highest BCUT2D eigenvalue weighted by molar-refractivity contribution is 5.83. The van der Waals surface area contributed by atoms with Gasteiger partial charge in [0.1, 0.15) is 30.7 Å². The number of aromatic nitrogens is 1. The molecule has 0 atom stereocenters. The highest BCUT2D eigenvalue weighted by Gasteiger charge is 2.29. The van der Waals surface area contributed by atoms with Gasteiger partial charge in [0.15, 0.2) is 11.5 Å². The van der Waals surface area contributed by atoms with Crippen molar-refractivity contribution in [3.05, 3.63) is 34.5 Å². The second-order valence-electron chi connectivity index (χ2n) is 6.97. The number of carbonyl (C=O) groups excluding carboxylic acids is 1. The van der Waals surface area contributed by atoms with Crippen molar-refractivity contribution in [3.8, 4) is 28.7 Å². The Morgan fingerprint density at radius 3 is 2.76 bits per heavy atom. The van der Waals surface area contributed by atoms with Crippen molar-refractivity contribution >= 4 is 11.9 Å². The van der Waals surface area contributed by atoms with E-state index in [-0.39, 0.29) is 11.9 Å². The van der Waals surface area contributed by atoms with Crippen molar-refractivity contribution in [3.63, 3.8) is 0 Å². The third kappa shape index (κ3) is 3.29. The fraction of sp³-hybridized carbons (Fsp3) is 0.381. The Labute approximate surface area is 168 Å². The fourth-order valence-corrected chi connectivity index (χ4v) is 3.82. The summed E-state index contributed by atoms with van der Waals surface area (Å²) in [7, 11) is 0. The highest BCUT2D eigenvalue weighted by atomic mass is 16.6. The predicted molar refractivity (Wildman–Crippen MR) is 106 cm³/mol. The monoisotopic (exact) mass is 394 g/mol. The summed E-state index contributed by atoms with van der Waals surface area (Å²) in [5, 5.41) is 9.82. The molecule has 0 bridgehead atoms. The van der Waals surface area contributed by atoms with Crippen molar-refractivity contribution < 1.29 is 19.0 Å². The standard InChI is InChI=1S/C21H22N4O4/c1-3-27-21(26)25-5-4-16-15(11-25)19(14(10-22)20(23)24-16)13-9-18-17(8-12(13)2)28-6-7-29-18/h8-9H,3-7,11H2,1-2H3,(H2,23,24). The van der Waals surface area contributed by atoms with Gasteiger partial charge in [-0.3, -0.25) is 0 Å². The summed E-state index contributed by atoms with van der Waals surface area (Å²) in [5.41, 5.74) is 10.5. The van der Waals surface area contributed by atoms with Crippen LogP contribution in [0.5, 0.6) is 11.5 Å². The number of ether oxygens (including phenoxy) is 3. The van der Waals surface area contributed by atoms with E-state index in [1.807, 2.05) is 19.1 Å². The highest BCUT2D eigenvalue weighted by Crippen LogP contribution is 2.42. The first-order chi connectivity index (χ1) is 14.0. The van der Waals surface area contributed by atoms with Gasteiger partial charge in [0.25, 0.3) is 0 Å². The fourth-order valence-electron chi connectivity index (χ4n) is 3.82. The smallest absolute Gasteiger partial charge is 0.410 e. The van der Waals surface area contributed by atoms with Gasteiger partial charge >= 0.3 is 6.09 Å². The molecule has 2 N–H and O–H groups in total. The van der Waals surface area contributed by atoms with Gasteiger partial charge in [-0.15, -0.1) is 0 Å². The number of carbonyl (C=O) groups is 1. The topological polar surface area (TPSA) is 111 Å². The van der Waals surface area contributed by atoms with Gasteiger partial charge in [0, 0.05) is 24.1 Å². The van der Waals surface area contributed by atoms with Crippen LogP contribution in [0.4, 0.5) is 10.6 Å². The minimum absolute atomic E-state index is 0.195. The van der Waals surface area contributed by atoms with E-state index >= 15 is 0 Å². The summed E-state index contributed by atoms with van der Waals surface area (Å²) in [4.78, 5) is 18.4. The number of rotatable bonds is 2. The van der Waals surface area contributed by atoms with Gasteiger partial charge in [-0.2, -0.15) is 5.26 Å². The molecule has 0 spiro atoms. The summed E-state index contributed by atoms with van der Waals surface area (Å²) in [5.74, 6) is 1.50. The number of nitriles is 1. The van der Waals surface area contributed by atoms with E-state index in [0.717, 1.165) is 22.4 Å². The second kappa shape index (κ2) is 7.51. The molecule has 0 aliphatic carbocycles. The van der Waals surface area contributed by atoms with Crippen LogP contribution in [-0.4, -0.2) is 42.3 Å². The molecule has 0 fully saturated rings. The molecular weight excluding hydrogens is 372 g/mol. The summed E-state index contributed by atoms with van der Waals surface area (Å²) in [6.45, 7) is 5.79. The molecule has 0 saturated heterocycles. The Bertz CT molecular complexity index is 1030. The van der Waals surface area contributed by atoms with Crippen LogP contribution in [0.2, 0.25) is 0 Å². The van der Waals surface area contributed by atoms with E-state index in [4.69, 9.17) is 19.9 Å². The quantitative estimate of drug-likeness (QED) is 0.834. The molecule has 8 heteroatoms. The number of hydrogen-bond acceptors (Lipinski definition) is 7. The van der Waals surface area contributed by atoms with Gasteiger partial charge in [-0.25, -0.2) is 9.78 Å². The van der Waals surface area contributed by atoms with E-state index in [9.17, 15) is 10.1 Å².